The van der Waals surface area contributed by atoms with Gasteiger partial charge in [0, 0.05) is 33.7 Å². The van der Waals surface area contributed by atoms with E-state index in [1.54, 1.807) is 31.3 Å². The Morgan fingerprint density at radius 1 is 1.04 bits per heavy atom. The molecule has 5 nitrogen and oxygen atoms in total. The average molecular weight is 487 g/mol. The summed E-state index contributed by atoms with van der Waals surface area (Å²) >= 11 is 6.02. The molecule has 2 aromatic rings. The molecule has 1 amide bonds. The summed E-state index contributed by atoms with van der Waals surface area (Å²) in [5, 5.41) is 6.54. The van der Waals surface area contributed by atoms with Crippen LogP contribution in [0.4, 0.5) is 0 Å². The number of amides is 1. The van der Waals surface area contributed by atoms with Crippen LogP contribution in [0.1, 0.15) is 15.9 Å². The van der Waals surface area contributed by atoms with E-state index in [-0.39, 0.29) is 29.9 Å². The van der Waals surface area contributed by atoms with Gasteiger partial charge in [0.05, 0.1) is 10.6 Å². The van der Waals surface area contributed by atoms with Crippen LogP contribution in [-0.2, 0) is 6.54 Å². The van der Waals surface area contributed by atoms with Crippen LogP contribution in [0, 0.1) is 0 Å². The molecule has 26 heavy (non-hydrogen) atoms. The lowest BCUT2D eigenvalue weighted by atomic mass is 10.2. The molecule has 140 valence electrons. The first-order chi connectivity index (χ1) is 12.1. The van der Waals surface area contributed by atoms with Gasteiger partial charge in [-0.25, -0.2) is 0 Å². The van der Waals surface area contributed by atoms with E-state index < -0.39 is 0 Å². The largest absolute Gasteiger partial charge is 0.354 e. The van der Waals surface area contributed by atoms with Crippen molar-refractivity contribution in [2.24, 2.45) is 4.99 Å². The second-order valence-corrected chi connectivity index (χ2v) is 5.96. The smallest absolute Gasteiger partial charge is 0.252 e. The molecule has 2 N–H and O–H groups in total. The molecule has 0 fully saturated rings. The minimum atomic E-state index is -0.181. The molecule has 7 heteroatoms. The van der Waals surface area contributed by atoms with Gasteiger partial charge in [0.25, 0.3) is 5.91 Å². The molecular weight excluding hydrogens is 463 g/mol. The monoisotopic (exact) mass is 486 g/mol. The molecule has 0 unspecified atom stereocenters. The van der Waals surface area contributed by atoms with E-state index in [4.69, 9.17) is 11.6 Å². The molecule has 0 saturated carbocycles. The lowest BCUT2D eigenvalue weighted by Gasteiger charge is -2.22. The fourth-order valence-electron chi connectivity index (χ4n) is 2.41. The van der Waals surface area contributed by atoms with E-state index >= 15 is 0 Å². The summed E-state index contributed by atoms with van der Waals surface area (Å²) in [6, 6.07) is 17.2. The standard InChI is InChI=1S/C19H23ClN4O.HI/c1-21-19(24(2)14-15-8-4-3-5-9-15)23-13-12-22-18(25)16-10-6-7-11-17(16)20;/h3-11H,12-14H2,1-2H3,(H,21,23)(H,22,25);1H. The summed E-state index contributed by atoms with van der Waals surface area (Å²) in [7, 11) is 3.72. The topological polar surface area (TPSA) is 56.7 Å². The molecule has 0 aliphatic carbocycles. The zero-order valence-electron chi connectivity index (χ0n) is 14.9. The highest BCUT2D eigenvalue weighted by atomic mass is 127. The first-order valence-corrected chi connectivity index (χ1v) is 8.48. The number of aliphatic imine (C=N–C) groups is 1. The van der Waals surface area contributed by atoms with Gasteiger partial charge in [0.15, 0.2) is 5.96 Å². The maximum absolute atomic E-state index is 12.1. The minimum absolute atomic E-state index is 0. The lowest BCUT2D eigenvalue weighted by molar-refractivity contribution is 0.0954. The Morgan fingerprint density at radius 3 is 2.31 bits per heavy atom. The van der Waals surface area contributed by atoms with Crippen LogP contribution in [0.25, 0.3) is 0 Å². The highest BCUT2D eigenvalue weighted by Crippen LogP contribution is 2.14. The van der Waals surface area contributed by atoms with Gasteiger partial charge < -0.3 is 15.5 Å². The molecule has 0 aromatic heterocycles. The SMILES string of the molecule is CN=C(NCCNC(=O)c1ccccc1Cl)N(C)Cc1ccccc1.I. The molecule has 0 spiro atoms. The predicted octanol–water partition coefficient (Wildman–Crippen LogP) is 3.40. The van der Waals surface area contributed by atoms with Crippen molar-refractivity contribution in [3.05, 3.63) is 70.7 Å². The third-order valence-corrected chi connectivity index (χ3v) is 3.98. The Hall–Kier alpha value is -1.80. The second-order valence-electron chi connectivity index (χ2n) is 5.55. The lowest BCUT2D eigenvalue weighted by Crippen LogP contribution is -2.42. The maximum atomic E-state index is 12.1. The van der Waals surface area contributed by atoms with Crippen LogP contribution in [0.2, 0.25) is 5.02 Å². The average Bonchev–Trinajstić information content (AvgIpc) is 2.62. The molecule has 2 rings (SSSR count). The van der Waals surface area contributed by atoms with Gasteiger partial charge in [0.2, 0.25) is 0 Å². The number of benzene rings is 2. The zero-order valence-corrected chi connectivity index (χ0v) is 18.0. The number of guanidine groups is 1. The molecule has 2 aromatic carbocycles. The number of nitrogens with zero attached hydrogens (tertiary/aromatic N) is 2. The molecule has 0 heterocycles. The number of hydrogen-bond donors (Lipinski definition) is 2. The van der Waals surface area contributed by atoms with E-state index in [1.165, 1.54) is 5.56 Å². The van der Waals surface area contributed by atoms with E-state index in [9.17, 15) is 4.79 Å². The third-order valence-electron chi connectivity index (χ3n) is 3.65. The maximum Gasteiger partial charge on any atom is 0.252 e. The Kier molecular flexibility index (Phi) is 10.0. The van der Waals surface area contributed by atoms with Crippen molar-refractivity contribution in [2.75, 3.05) is 27.2 Å². The zero-order chi connectivity index (χ0) is 18.1. The molecule has 0 saturated heterocycles. The Labute approximate surface area is 176 Å². The Morgan fingerprint density at radius 2 is 1.65 bits per heavy atom. The van der Waals surface area contributed by atoms with Crippen molar-refractivity contribution >= 4 is 47.4 Å². The predicted molar refractivity (Wildman–Crippen MR) is 118 cm³/mol. The summed E-state index contributed by atoms with van der Waals surface area (Å²) < 4.78 is 0. The van der Waals surface area contributed by atoms with Gasteiger partial charge in [-0.3, -0.25) is 9.79 Å². The Bertz CT molecular complexity index is 724. The van der Waals surface area contributed by atoms with Crippen molar-refractivity contribution in [1.29, 1.82) is 0 Å². The number of carbonyl (C=O) groups excluding carboxylic acids is 1. The van der Waals surface area contributed by atoms with E-state index in [2.05, 4.69) is 27.8 Å². The third kappa shape index (κ3) is 6.84. The first-order valence-electron chi connectivity index (χ1n) is 8.10. The fourth-order valence-corrected chi connectivity index (χ4v) is 2.63. The van der Waals surface area contributed by atoms with Crippen molar-refractivity contribution in [3.8, 4) is 0 Å². The van der Waals surface area contributed by atoms with Crippen LogP contribution < -0.4 is 10.6 Å². The summed E-state index contributed by atoms with van der Waals surface area (Å²) in [5.41, 5.74) is 1.69. The number of nitrogens with one attached hydrogen (secondary N) is 2. The van der Waals surface area contributed by atoms with Crippen LogP contribution in [-0.4, -0.2) is 44.0 Å². The summed E-state index contributed by atoms with van der Waals surface area (Å²) in [5.74, 6) is 0.593. The number of carbonyl (C=O) groups is 1. The summed E-state index contributed by atoms with van der Waals surface area (Å²) in [6.45, 7) is 1.80. The molecular formula is C19H24ClIN4O. The van der Waals surface area contributed by atoms with Gasteiger partial charge in [0.1, 0.15) is 0 Å². The van der Waals surface area contributed by atoms with Crippen molar-refractivity contribution in [1.82, 2.24) is 15.5 Å². The fraction of sp³-hybridized carbons (Fsp3) is 0.263. The van der Waals surface area contributed by atoms with Crippen LogP contribution in [0.3, 0.4) is 0 Å². The number of halogens is 2. The molecule has 0 radical (unpaired) electrons. The van der Waals surface area contributed by atoms with Crippen LogP contribution in [0.15, 0.2) is 59.6 Å². The van der Waals surface area contributed by atoms with Gasteiger partial charge >= 0.3 is 0 Å². The highest BCUT2D eigenvalue weighted by molar-refractivity contribution is 14.0. The highest BCUT2D eigenvalue weighted by Gasteiger charge is 2.09. The summed E-state index contributed by atoms with van der Waals surface area (Å²) in [6.07, 6.45) is 0. The van der Waals surface area contributed by atoms with E-state index in [0.717, 1.165) is 12.5 Å². The van der Waals surface area contributed by atoms with Gasteiger partial charge in [-0.1, -0.05) is 54.1 Å². The van der Waals surface area contributed by atoms with Crippen LogP contribution in [0.5, 0.6) is 0 Å². The molecule has 0 atom stereocenters. The number of hydrogen-bond acceptors (Lipinski definition) is 2. The van der Waals surface area contributed by atoms with E-state index in [0.29, 0.717) is 23.7 Å². The molecule has 0 aliphatic rings. The van der Waals surface area contributed by atoms with Gasteiger partial charge in [-0.15, -0.1) is 24.0 Å². The van der Waals surface area contributed by atoms with Crippen LogP contribution >= 0.6 is 35.6 Å². The van der Waals surface area contributed by atoms with Crippen molar-refractivity contribution in [2.45, 2.75) is 6.54 Å². The van der Waals surface area contributed by atoms with Crippen molar-refractivity contribution in [3.63, 3.8) is 0 Å². The van der Waals surface area contributed by atoms with Gasteiger partial charge in [-0.2, -0.15) is 0 Å². The second kappa shape index (κ2) is 11.7. The Balaban J connectivity index is 0.00000338. The normalized spacial score (nSPS) is 10.7. The number of rotatable bonds is 6. The quantitative estimate of drug-likeness (QED) is 0.285. The molecule has 0 aliphatic heterocycles. The van der Waals surface area contributed by atoms with E-state index in [1.807, 2.05) is 30.1 Å². The van der Waals surface area contributed by atoms with Gasteiger partial charge in [-0.05, 0) is 17.7 Å². The first kappa shape index (κ1) is 22.2. The van der Waals surface area contributed by atoms with Crippen molar-refractivity contribution < 1.29 is 4.79 Å². The summed E-state index contributed by atoms with van der Waals surface area (Å²) in [4.78, 5) is 18.4. The molecule has 0 bridgehead atoms. The minimum Gasteiger partial charge on any atom is -0.354 e.